The number of sulfonamides is 1. The van der Waals surface area contributed by atoms with Gasteiger partial charge >= 0.3 is 0 Å². The van der Waals surface area contributed by atoms with Gasteiger partial charge in [-0.25, -0.2) is 13.4 Å². The number of nitrogens with zero attached hydrogens (tertiary/aromatic N) is 2. The van der Waals surface area contributed by atoms with Crippen LogP contribution in [0.25, 0.3) is 0 Å². The molecule has 1 N–H and O–H groups in total. The Morgan fingerprint density at radius 1 is 1.45 bits per heavy atom. The van der Waals surface area contributed by atoms with E-state index in [1.807, 2.05) is 6.92 Å². The molecule has 2 heterocycles. The van der Waals surface area contributed by atoms with E-state index >= 15 is 0 Å². The third kappa shape index (κ3) is 3.12. The van der Waals surface area contributed by atoms with Gasteiger partial charge in [-0.05, 0) is 30.4 Å². The molecule has 0 atom stereocenters. The van der Waals surface area contributed by atoms with Gasteiger partial charge in [0, 0.05) is 25.8 Å². The SMILES string of the molecule is CCCNc1cccnc1S(=O)(=O)N1CCC(C)(C)C1. The van der Waals surface area contributed by atoms with Crippen LogP contribution in [0.15, 0.2) is 23.4 Å². The molecule has 0 bridgehead atoms. The van der Waals surface area contributed by atoms with Gasteiger partial charge in [0.25, 0.3) is 10.0 Å². The van der Waals surface area contributed by atoms with Crippen LogP contribution in [0.3, 0.4) is 0 Å². The Morgan fingerprint density at radius 3 is 2.80 bits per heavy atom. The van der Waals surface area contributed by atoms with Gasteiger partial charge in [0.05, 0.1) is 5.69 Å². The summed E-state index contributed by atoms with van der Waals surface area (Å²) in [6, 6.07) is 3.53. The van der Waals surface area contributed by atoms with Crippen LogP contribution >= 0.6 is 0 Å². The Morgan fingerprint density at radius 2 is 2.20 bits per heavy atom. The summed E-state index contributed by atoms with van der Waals surface area (Å²) in [7, 11) is -3.51. The van der Waals surface area contributed by atoms with Gasteiger partial charge in [-0.15, -0.1) is 0 Å². The minimum atomic E-state index is -3.51. The minimum Gasteiger partial charge on any atom is -0.383 e. The van der Waals surface area contributed by atoms with E-state index in [0.29, 0.717) is 18.8 Å². The minimum absolute atomic E-state index is 0.0405. The van der Waals surface area contributed by atoms with Crippen molar-refractivity contribution in [1.29, 1.82) is 0 Å². The zero-order chi connectivity index (χ0) is 14.8. The third-order valence-corrected chi connectivity index (χ3v) is 5.37. The van der Waals surface area contributed by atoms with Crippen LogP contribution in [0.4, 0.5) is 5.69 Å². The van der Waals surface area contributed by atoms with Gasteiger partial charge < -0.3 is 5.32 Å². The zero-order valence-corrected chi connectivity index (χ0v) is 13.2. The number of pyridine rings is 1. The van der Waals surface area contributed by atoms with Crippen LogP contribution in [0, 0.1) is 5.41 Å². The largest absolute Gasteiger partial charge is 0.383 e. The van der Waals surface area contributed by atoms with Crippen molar-refractivity contribution in [2.75, 3.05) is 25.0 Å². The Balaban J connectivity index is 2.30. The standard InChI is InChI=1S/C14H23N3O2S/c1-4-8-15-12-6-5-9-16-13(12)20(18,19)17-10-7-14(2,3)11-17/h5-6,9,15H,4,7-8,10-11H2,1-3H3. The van der Waals surface area contributed by atoms with Crippen LogP contribution < -0.4 is 5.32 Å². The molecule has 0 unspecified atom stereocenters. The topological polar surface area (TPSA) is 62.3 Å². The Kier molecular flexibility index (Phi) is 4.34. The Labute approximate surface area is 121 Å². The van der Waals surface area contributed by atoms with Crippen molar-refractivity contribution in [2.45, 2.75) is 38.6 Å². The Bertz CT molecular complexity index is 570. The molecule has 0 amide bonds. The monoisotopic (exact) mass is 297 g/mol. The second-order valence-electron chi connectivity index (χ2n) is 6.04. The van der Waals surface area contributed by atoms with E-state index < -0.39 is 10.0 Å². The summed E-state index contributed by atoms with van der Waals surface area (Å²) in [5.41, 5.74) is 0.637. The fourth-order valence-electron chi connectivity index (χ4n) is 2.38. The number of nitrogens with one attached hydrogen (secondary N) is 1. The first-order chi connectivity index (χ1) is 9.37. The molecule has 1 aromatic rings. The molecular formula is C14H23N3O2S. The van der Waals surface area contributed by atoms with Crippen molar-refractivity contribution in [3.8, 4) is 0 Å². The fraction of sp³-hybridized carbons (Fsp3) is 0.643. The molecule has 6 heteroatoms. The molecule has 112 valence electrons. The first kappa shape index (κ1) is 15.3. The van der Waals surface area contributed by atoms with Crippen molar-refractivity contribution >= 4 is 15.7 Å². The molecule has 20 heavy (non-hydrogen) atoms. The highest BCUT2D eigenvalue weighted by Gasteiger charge is 2.38. The van der Waals surface area contributed by atoms with Crippen LogP contribution in [-0.4, -0.2) is 37.3 Å². The maximum absolute atomic E-state index is 12.7. The lowest BCUT2D eigenvalue weighted by atomic mass is 9.93. The van der Waals surface area contributed by atoms with E-state index in [1.54, 1.807) is 16.4 Å². The summed E-state index contributed by atoms with van der Waals surface area (Å²) in [6.45, 7) is 8.09. The summed E-state index contributed by atoms with van der Waals surface area (Å²) in [4.78, 5) is 4.10. The van der Waals surface area contributed by atoms with Crippen LogP contribution in [0.1, 0.15) is 33.6 Å². The molecular weight excluding hydrogens is 274 g/mol. The van der Waals surface area contributed by atoms with Gasteiger partial charge in [-0.2, -0.15) is 4.31 Å². The molecule has 1 aliphatic heterocycles. The van der Waals surface area contributed by atoms with Gasteiger partial charge in [0.2, 0.25) is 0 Å². The maximum atomic E-state index is 12.7. The second kappa shape index (κ2) is 5.69. The van der Waals surface area contributed by atoms with E-state index in [4.69, 9.17) is 0 Å². The molecule has 0 saturated carbocycles. The average molecular weight is 297 g/mol. The number of aromatic nitrogens is 1. The van der Waals surface area contributed by atoms with Gasteiger partial charge in [-0.3, -0.25) is 0 Å². The number of hydrogen-bond acceptors (Lipinski definition) is 4. The van der Waals surface area contributed by atoms with E-state index in [0.717, 1.165) is 19.4 Å². The Hall–Kier alpha value is -1.14. The lowest BCUT2D eigenvalue weighted by molar-refractivity contribution is 0.375. The number of hydrogen-bond donors (Lipinski definition) is 1. The van der Waals surface area contributed by atoms with Gasteiger partial charge in [0.1, 0.15) is 0 Å². The first-order valence-corrected chi connectivity index (χ1v) is 8.50. The molecule has 0 aromatic carbocycles. The van der Waals surface area contributed by atoms with E-state index in [2.05, 4.69) is 24.1 Å². The smallest absolute Gasteiger partial charge is 0.262 e. The van der Waals surface area contributed by atoms with Crippen molar-refractivity contribution in [1.82, 2.24) is 9.29 Å². The maximum Gasteiger partial charge on any atom is 0.262 e. The summed E-state index contributed by atoms with van der Waals surface area (Å²) in [6.07, 6.45) is 3.35. The molecule has 1 saturated heterocycles. The highest BCUT2D eigenvalue weighted by Crippen LogP contribution is 2.33. The highest BCUT2D eigenvalue weighted by atomic mass is 32.2. The molecule has 5 nitrogen and oxygen atoms in total. The van der Waals surface area contributed by atoms with Crippen LogP contribution in [-0.2, 0) is 10.0 Å². The quantitative estimate of drug-likeness (QED) is 0.906. The predicted octanol–water partition coefficient (Wildman–Crippen LogP) is 2.32. The van der Waals surface area contributed by atoms with Gasteiger partial charge in [0.15, 0.2) is 5.03 Å². The molecule has 2 rings (SSSR count). The second-order valence-corrected chi connectivity index (χ2v) is 7.89. The molecule has 1 aromatic heterocycles. The lowest BCUT2D eigenvalue weighted by Crippen LogP contribution is -2.31. The molecule has 1 aliphatic rings. The number of anilines is 1. The summed E-state index contributed by atoms with van der Waals surface area (Å²) < 4.78 is 27.0. The summed E-state index contributed by atoms with van der Waals surface area (Å²) in [5.74, 6) is 0. The third-order valence-electron chi connectivity index (χ3n) is 3.56. The van der Waals surface area contributed by atoms with Crippen molar-refractivity contribution in [2.24, 2.45) is 5.41 Å². The van der Waals surface area contributed by atoms with E-state index in [9.17, 15) is 8.42 Å². The van der Waals surface area contributed by atoms with E-state index in [-0.39, 0.29) is 10.4 Å². The van der Waals surface area contributed by atoms with E-state index in [1.165, 1.54) is 6.20 Å². The first-order valence-electron chi connectivity index (χ1n) is 7.06. The van der Waals surface area contributed by atoms with Crippen LogP contribution in [0.2, 0.25) is 0 Å². The zero-order valence-electron chi connectivity index (χ0n) is 12.4. The van der Waals surface area contributed by atoms with Crippen molar-refractivity contribution < 1.29 is 8.42 Å². The predicted molar refractivity (Wildman–Crippen MR) is 80.2 cm³/mol. The lowest BCUT2D eigenvalue weighted by Gasteiger charge is -2.20. The summed E-state index contributed by atoms with van der Waals surface area (Å²) >= 11 is 0. The normalized spacial score (nSPS) is 19.1. The molecule has 0 radical (unpaired) electrons. The highest BCUT2D eigenvalue weighted by molar-refractivity contribution is 7.89. The molecule has 0 aliphatic carbocycles. The van der Waals surface area contributed by atoms with Crippen molar-refractivity contribution in [3.63, 3.8) is 0 Å². The molecule has 1 fully saturated rings. The van der Waals surface area contributed by atoms with Crippen LogP contribution in [0.5, 0.6) is 0 Å². The number of rotatable bonds is 5. The fourth-order valence-corrected chi connectivity index (χ4v) is 4.09. The average Bonchev–Trinajstić information content (AvgIpc) is 2.78. The molecule has 0 spiro atoms. The summed E-state index contributed by atoms with van der Waals surface area (Å²) in [5, 5.41) is 3.29. The van der Waals surface area contributed by atoms with Gasteiger partial charge in [-0.1, -0.05) is 20.8 Å². The van der Waals surface area contributed by atoms with Crippen molar-refractivity contribution in [3.05, 3.63) is 18.3 Å².